The fraction of sp³-hybridized carbons (Fsp3) is 0.346. The zero-order valence-corrected chi connectivity index (χ0v) is 21.6. The number of oxime groups is 1. The molecule has 0 bridgehead atoms. The van der Waals surface area contributed by atoms with Gasteiger partial charge in [-0.3, -0.25) is 9.69 Å². The van der Waals surface area contributed by atoms with E-state index in [0.29, 0.717) is 59.7 Å². The van der Waals surface area contributed by atoms with E-state index in [2.05, 4.69) is 10.1 Å². The number of rotatable bonds is 7. The number of pyridine rings is 1. The number of anilines is 1. The molecule has 0 unspecified atom stereocenters. The molecule has 37 heavy (non-hydrogen) atoms. The summed E-state index contributed by atoms with van der Waals surface area (Å²) in [6.45, 7) is 2.87. The van der Waals surface area contributed by atoms with Crippen molar-refractivity contribution in [3.8, 4) is 0 Å². The van der Waals surface area contributed by atoms with Gasteiger partial charge in [-0.1, -0.05) is 28.4 Å². The standard InChI is InChI=1S/C26H25Cl2FN4O4/c1-37-30-22(17-5-2-15(27)10-20(17)28)14-31-6-8-32(9-7-31)24-12-23-18(11-21(24)29)25(34)19(26(35)36)13-33(23)16-3-4-16/h2,5,10-13,16H,3-4,6-9,14H2,1H3,(H,35,36)/b30-22-. The Kier molecular flexibility index (Phi) is 7.11. The molecule has 1 saturated carbocycles. The zero-order chi connectivity index (χ0) is 26.3. The van der Waals surface area contributed by atoms with Crippen LogP contribution in [0.1, 0.15) is 34.8 Å². The van der Waals surface area contributed by atoms with Crippen LogP contribution in [0.15, 0.2) is 46.5 Å². The molecule has 1 aromatic heterocycles. The van der Waals surface area contributed by atoms with Crippen molar-refractivity contribution >= 4 is 51.5 Å². The summed E-state index contributed by atoms with van der Waals surface area (Å²) in [6, 6.07) is 8.18. The van der Waals surface area contributed by atoms with Crippen molar-refractivity contribution in [2.24, 2.45) is 5.16 Å². The molecule has 2 aliphatic rings. The van der Waals surface area contributed by atoms with Crippen molar-refractivity contribution in [3.63, 3.8) is 0 Å². The number of carboxylic acid groups (broad SMARTS) is 1. The molecule has 0 atom stereocenters. The van der Waals surface area contributed by atoms with Gasteiger partial charge < -0.3 is 19.4 Å². The Morgan fingerprint density at radius 2 is 1.86 bits per heavy atom. The number of aromatic nitrogens is 1. The normalized spacial score (nSPS) is 16.9. The van der Waals surface area contributed by atoms with Crippen molar-refractivity contribution in [2.45, 2.75) is 18.9 Å². The number of fused-ring (bicyclic) bond motifs is 1. The Hall–Kier alpha value is -3.14. The summed E-state index contributed by atoms with van der Waals surface area (Å²) < 4.78 is 17.1. The molecule has 194 valence electrons. The fourth-order valence-electron chi connectivity index (χ4n) is 4.76. The number of carbonyl (C=O) groups is 1. The molecule has 2 heterocycles. The van der Waals surface area contributed by atoms with Gasteiger partial charge in [0.05, 0.1) is 16.2 Å². The predicted octanol–water partition coefficient (Wildman–Crippen LogP) is 4.65. The van der Waals surface area contributed by atoms with Crippen LogP contribution in [0.3, 0.4) is 0 Å². The maximum Gasteiger partial charge on any atom is 0.341 e. The summed E-state index contributed by atoms with van der Waals surface area (Å²) in [4.78, 5) is 33.5. The number of aromatic carboxylic acids is 1. The molecule has 2 fully saturated rings. The molecule has 2 aromatic carbocycles. The molecule has 0 spiro atoms. The maximum absolute atomic E-state index is 15.3. The number of nitrogens with zero attached hydrogens (tertiary/aromatic N) is 4. The second kappa shape index (κ2) is 10.3. The van der Waals surface area contributed by atoms with Crippen LogP contribution in [0.4, 0.5) is 10.1 Å². The van der Waals surface area contributed by atoms with E-state index in [0.717, 1.165) is 18.4 Å². The molecule has 11 heteroatoms. The summed E-state index contributed by atoms with van der Waals surface area (Å²) in [7, 11) is 1.48. The monoisotopic (exact) mass is 546 g/mol. The zero-order valence-electron chi connectivity index (χ0n) is 20.1. The third kappa shape index (κ3) is 5.16. The molecular weight excluding hydrogens is 522 g/mol. The first kappa shape index (κ1) is 25.5. The van der Waals surface area contributed by atoms with E-state index < -0.39 is 17.2 Å². The number of hydrogen-bond acceptors (Lipinski definition) is 6. The van der Waals surface area contributed by atoms with Crippen LogP contribution in [-0.4, -0.2) is 66.1 Å². The van der Waals surface area contributed by atoms with Crippen molar-refractivity contribution in [1.29, 1.82) is 0 Å². The van der Waals surface area contributed by atoms with Crippen LogP contribution in [0.2, 0.25) is 10.0 Å². The average Bonchev–Trinajstić information content (AvgIpc) is 3.70. The second-order valence-electron chi connectivity index (χ2n) is 9.24. The van der Waals surface area contributed by atoms with E-state index in [1.54, 1.807) is 24.3 Å². The minimum atomic E-state index is -1.31. The highest BCUT2D eigenvalue weighted by Crippen LogP contribution is 2.38. The first-order valence-corrected chi connectivity index (χ1v) is 12.7. The van der Waals surface area contributed by atoms with E-state index in [4.69, 9.17) is 28.0 Å². The Bertz CT molecular complexity index is 1460. The molecule has 0 radical (unpaired) electrons. The lowest BCUT2D eigenvalue weighted by Gasteiger charge is -2.36. The van der Waals surface area contributed by atoms with Gasteiger partial charge in [-0.15, -0.1) is 0 Å². The lowest BCUT2D eigenvalue weighted by molar-refractivity contribution is 0.0695. The number of halogens is 3. The predicted molar refractivity (Wildman–Crippen MR) is 142 cm³/mol. The van der Waals surface area contributed by atoms with Crippen molar-refractivity contribution in [3.05, 3.63) is 73.7 Å². The number of carboxylic acids is 1. The SMILES string of the molecule is CO/N=C(/CN1CCN(c2cc3c(cc2F)c(=O)c(C(=O)O)cn3C2CC2)CC1)c1ccc(Cl)cc1Cl. The molecule has 0 amide bonds. The summed E-state index contributed by atoms with van der Waals surface area (Å²) in [5.41, 5.74) is 1.35. The second-order valence-corrected chi connectivity index (χ2v) is 10.1. The van der Waals surface area contributed by atoms with Crippen LogP contribution in [0.25, 0.3) is 10.9 Å². The van der Waals surface area contributed by atoms with E-state index in [1.165, 1.54) is 19.4 Å². The Morgan fingerprint density at radius 1 is 1.14 bits per heavy atom. The van der Waals surface area contributed by atoms with Crippen molar-refractivity contribution < 1.29 is 19.1 Å². The van der Waals surface area contributed by atoms with Gasteiger partial charge >= 0.3 is 5.97 Å². The van der Waals surface area contributed by atoms with Crippen molar-refractivity contribution in [2.75, 3.05) is 44.7 Å². The van der Waals surface area contributed by atoms with Gasteiger partial charge in [0.25, 0.3) is 0 Å². The third-order valence-electron chi connectivity index (χ3n) is 6.80. The number of hydrogen-bond donors (Lipinski definition) is 1. The minimum Gasteiger partial charge on any atom is -0.477 e. The summed E-state index contributed by atoms with van der Waals surface area (Å²) >= 11 is 12.4. The lowest BCUT2D eigenvalue weighted by Crippen LogP contribution is -2.48. The molecule has 1 aliphatic carbocycles. The molecular formula is C26H25Cl2FN4O4. The molecule has 5 rings (SSSR count). The largest absolute Gasteiger partial charge is 0.477 e. The van der Waals surface area contributed by atoms with Gasteiger partial charge in [-0.05, 0) is 43.2 Å². The van der Waals surface area contributed by atoms with Crippen LogP contribution in [-0.2, 0) is 4.84 Å². The quantitative estimate of drug-likeness (QED) is 0.342. The highest BCUT2D eigenvalue weighted by molar-refractivity contribution is 6.37. The van der Waals surface area contributed by atoms with E-state index in [9.17, 15) is 14.7 Å². The first-order chi connectivity index (χ1) is 17.8. The summed E-state index contributed by atoms with van der Waals surface area (Å²) in [5.74, 6) is -1.85. The van der Waals surface area contributed by atoms with E-state index in [-0.39, 0.29) is 17.0 Å². The average molecular weight is 547 g/mol. The maximum atomic E-state index is 15.3. The molecule has 8 nitrogen and oxygen atoms in total. The minimum absolute atomic E-state index is 0.0898. The van der Waals surface area contributed by atoms with Crippen LogP contribution in [0.5, 0.6) is 0 Å². The molecule has 1 saturated heterocycles. The highest BCUT2D eigenvalue weighted by Gasteiger charge is 2.29. The summed E-state index contributed by atoms with van der Waals surface area (Å²) in [5, 5.41) is 14.7. The first-order valence-electron chi connectivity index (χ1n) is 11.9. The summed E-state index contributed by atoms with van der Waals surface area (Å²) in [6.07, 6.45) is 3.18. The third-order valence-corrected chi connectivity index (χ3v) is 7.35. The van der Waals surface area contributed by atoms with Crippen LogP contribution in [0, 0.1) is 5.82 Å². The highest BCUT2D eigenvalue weighted by atomic mass is 35.5. The van der Waals surface area contributed by atoms with Gasteiger partial charge in [0, 0.05) is 60.9 Å². The lowest BCUT2D eigenvalue weighted by atomic mass is 10.1. The Labute approximate surface area is 222 Å². The van der Waals surface area contributed by atoms with Crippen molar-refractivity contribution in [1.82, 2.24) is 9.47 Å². The molecule has 3 aromatic rings. The molecule has 1 aliphatic heterocycles. The van der Waals surface area contributed by atoms with Gasteiger partial charge in [-0.25, -0.2) is 9.18 Å². The number of piperazine rings is 1. The van der Waals surface area contributed by atoms with E-state index in [1.807, 2.05) is 9.47 Å². The van der Waals surface area contributed by atoms with Gasteiger partial charge in [0.1, 0.15) is 24.2 Å². The van der Waals surface area contributed by atoms with E-state index >= 15 is 4.39 Å². The van der Waals surface area contributed by atoms with Gasteiger partial charge in [0.2, 0.25) is 5.43 Å². The smallest absolute Gasteiger partial charge is 0.341 e. The Balaban J connectivity index is 1.38. The number of benzene rings is 2. The topological polar surface area (TPSA) is 87.4 Å². The fourth-order valence-corrected chi connectivity index (χ4v) is 5.28. The Morgan fingerprint density at radius 3 is 2.49 bits per heavy atom. The molecule has 1 N–H and O–H groups in total. The van der Waals surface area contributed by atoms with Gasteiger partial charge in [-0.2, -0.15) is 0 Å². The van der Waals surface area contributed by atoms with Gasteiger partial charge in [0.15, 0.2) is 0 Å². The van der Waals surface area contributed by atoms with Crippen LogP contribution < -0.4 is 10.3 Å². The van der Waals surface area contributed by atoms with Crippen LogP contribution >= 0.6 is 23.2 Å².